The van der Waals surface area contributed by atoms with Crippen LogP contribution in [-0.4, -0.2) is 33.8 Å². The minimum atomic E-state index is -0.114. The number of nitrogens with zero attached hydrogens (tertiary/aromatic N) is 3. The highest BCUT2D eigenvalue weighted by atomic mass is 16.5. The van der Waals surface area contributed by atoms with Crippen molar-refractivity contribution in [2.75, 3.05) is 13.2 Å². The summed E-state index contributed by atoms with van der Waals surface area (Å²) in [7, 11) is 0. The number of rotatable bonds is 7. The minimum Gasteiger partial charge on any atom is -0.494 e. The van der Waals surface area contributed by atoms with Gasteiger partial charge in [0.1, 0.15) is 5.75 Å². The smallest absolute Gasteiger partial charge is 0.252 e. The van der Waals surface area contributed by atoms with Crippen LogP contribution in [0.5, 0.6) is 5.75 Å². The van der Waals surface area contributed by atoms with Crippen LogP contribution in [0.25, 0.3) is 16.7 Å². The molecule has 1 amide bonds. The van der Waals surface area contributed by atoms with Crippen LogP contribution in [0, 0.1) is 13.8 Å². The molecule has 0 saturated carbocycles. The largest absolute Gasteiger partial charge is 0.494 e. The lowest BCUT2D eigenvalue weighted by molar-refractivity contribution is 0.0955. The van der Waals surface area contributed by atoms with Gasteiger partial charge in [0.25, 0.3) is 5.91 Å². The number of benzene rings is 2. The fourth-order valence-corrected chi connectivity index (χ4v) is 3.68. The van der Waals surface area contributed by atoms with E-state index < -0.39 is 0 Å². The van der Waals surface area contributed by atoms with E-state index in [0.29, 0.717) is 24.4 Å². The summed E-state index contributed by atoms with van der Waals surface area (Å²) in [5.74, 6) is 0.744. The number of para-hydroxylation sites is 1. The molecule has 0 fully saturated rings. The van der Waals surface area contributed by atoms with Gasteiger partial charge in [-0.2, -0.15) is 5.10 Å². The van der Waals surface area contributed by atoms with E-state index in [0.717, 1.165) is 40.2 Å². The Morgan fingerprint density at radius 3 is 2.52 bits per heavy atom. The van der Waals surface area contributed by atoms with Gasteiger partial charge in [-0.3, -0.25) is 4.79 Å². The van der Waals surface area contributed by atoms with Gasteiger partial charge in [0.2, 0.25) is 0 Å². The van der Waals surface area contributed by atoms with E-state index in [1.165, 1.54) is 0 Å². The Kier molecular flexibility index (Phi) is 5.98. The number of carbonyl (C=O) groups is 1. The van der Waals surface area contributed by atoms with E-state index in [1.807, 2.05) is 81.4 Å². The average molecular weight is 415 g/mol. The normalized spacial score (nSPS) is 10.9. The van der Waals surface area contributed by atoms with E-state index >= 15 is 0 Å². The number of carbonyl (C=O) groups excluding carboxylic acids is 1. The van der Waals surface area contributed by atoms with Gasteiger partial charge in [-0.15, -0.1) is 0 Å². The molecule has 2 aromatic carbocycles. The molecule has 0 aliphatic rings. The van der Waals surface area contributed by atoms with Crippen LogP contribution in [0.3, 0.4) is 0 Å². The predicted molar refractivity (Wildman–Crippen MR) is 122 cm³/mol. The second-order valence-electron chi connectivity index (χ2n) is 7.43. The second kappa shape index (κ2) is 9.00. The van der Waals surface area contributed by atoms with Crippen molar-refractivity contribution in [2.24, 2.45) is 0 Å². The zero-order chi connectivity index (χ0) is 21.8. The van der Waals surface area contributed by atoms with E-state index in [-0.39, 0.29) is 5.91 Å². The number of hydrogen-bond donors (Lipinski definition) is 1. The fraction of sp³-hybridized carbons (Fsp3) is 0.240. The third kappa shape index (κ3) is 4.43. The minimum absolute atomic E-state index is 0.114. The average Bonchev–Trinajstić information content (AvgIpc) is 3.11. The number of amides is 1. The number of ether oxygens (including phenoxy) is 1. The zero-order valence-electron chi connectivity index (χ0n) is 18.1. The number of nitrogens with one attached hydrogen (secondary N) is 1. The molecule has 0 unspecified atom stereocenters. The molecule has 0 bridgehead atoms. The van der Waals surface area contributed by atoms with Gasteiger partial charge >= 0.3 is 0 Å². The van der Waals surface area contributed by atoms with E-state index in [9.17, 15) is 4.79 Å². The molecule has 0 spiro atoms. The lowest BCUT2D eigenvalue weighted by atomic mass is 10.1. The Balaban J connectivity index is 1.54. The first-order valence-electron chi connectivity index (χ1n) is 10.5. The van der Waals surface area contributed by atoms with Crippen molar-refractivity contribution < 1.29 is 9.53 Å². The molecule has 6 heteroatoms. The number of pyridine rings is 1. The van der Waals surface area contributed by atoms with Gasteiger partial charge < -0.3 is 10.1 Å². The Hall–Kier alpha value is -3.67. The standard InChI is InChI=1S/C25H26N4O2/c1-4-31-21-12-10-19(11-13-21)14-15-26-25(30)22-16-17(2)27-24-23(22)18(3)28-29(24)20-8-6-5-7-9-20/h5-13,16H,4,14-15H2,1-3H3,(H,26,30). The number of hydrogen-bond acceptors (Lipinski definition) is 4. The summed E-state index contributed by atoms with van der Waals surface area (Å²) < 4.78 is 7.27. The molecular weight excluding hydrogens is 388 g/mol. The van der Waals surface area contributed by atoms with Crippen molar-refractivity contribution in [1.29, 1.82) is 0 Å². The summed E-state index contributed by atoms with van der Waals surface area (Å²) in [6.45, 7) is 6.97. The van der Waals surface area contributed by atoms with Crippen LogP contribution in [0.1, 0.15) is 34.2 Å². The van der Waals surface area contributed by atoms with Crippen LogP contribution in [0.15, 0.2) is 60.7 Å². The van der Waals surface area contributed by atoms with Gasteiger partial charge in [0, 0.05) is 12.2 Å². The summed E-state index contributed by atoms with van der Waals surface area (Å²) in [6, 6.07) is 19.6. The van der Waals surface area contributed by atoms with Gasteiger partial charge in [-0.25, -0.2) is 9.67 Å². The Morgan fingerprint density at radius 1 is 1.06 bits per heavy atom. The maximum absolute atomic E-state index is 13.0. The quantitative estimate of drug-likeness (QED) is 0.486. The Bertz CT molecular complexity index is 1200. The summed E-state index contributed by atoms with van der Waals surface area (Å²) >= 11 is 0. The highest BCUT2D eigenvalue weighted by Gasteiger charge is 2.19. The first-order chi connectivity index (χ1) is 15.1. The topological polar surface area (TPSA) is 69.0 Å². The van der Waals surface area contributed by atoms with Crippen LogP contribution >= 0.6 is 0 Å². The second-order valence-corrected chi connectivity index (χ2v) is 7.43. The molecule has 31 heavy (non-hydrogen) atoms. The van der Waals surface area contributed by atoms with Crippen LogP contribution < -0.4 is 10.1 Å². The van der Waals surface area contributed by atoms with Crippen LogP contribution in [0.2, 0.25) is 0 Å². The molecule has 158 valence electrons. The van der Waals surface area contributed by atoms with Crippen LogP contribution in [-0.2, 0) is 6.42 Å². The third-order valence-electron chi connectivity index (χ3n) is 5.12. The zero-order valence-corrected chi connectivity index (χ0v) is 18.1. The lowest BCUT2D eigenvalue weighted by Gasteiger charge is -2.09. The molecule has 0 aliphatic heterocycles. The third-order valence-corrected chi connectivity index (χ3v) is 5.12. The summed E-state index contributed by atoms with van der Waals surface area (Å²) in [5.41, 5.74) is 4.92. The highest BCUT2D eigenvalue weighted by molar-refractivity contribution is 6.06. The van der Waals surface area contributed by atoms with Gasteiger partial charge in [0.05, 0.1) is 28.9 Å². The van der Waals surface area contributed by atoms with E-state index in [1.54, 1.807) is 4.68 Å². The molecule has 2 aromatic heterocycles. The van der Waals surface area contributed by atoms with E-state index in [4.69, 9.17) is 4.74 Å². The maximum Gasteiger partial charge on any atom is 0.252 e. The molecule has 4 rings (SSSR count). The predicted octanol–water partition coefficient (Wildman–Crippen LogP) is 4.41. The van der Waals surface area contributed by atoms with Gasteiger partial charge in [-0.05, 0) is 63.1 Å². The summed E-state index contributed by atoms with van der Waals surface area (Å²) in [5, 5.41) is 8.49. The number of fused-ring (bicyclic) bond motifs is 1. The maximum atomic E-state index is 13.0. The van der Waals surface area contributed by atoms with Crippen molar-refractivity contribution in [2.45, 2.75) is 27.2 Å². The molecule has 0 aliphatic carbocycles. The van der Waals surface area contributed by atoms with E-state index in [2.05, 4.69) is 15.4 Å². The van der Waals surface area contributed by atoms with Crippen molar-refractivity contribution in [3.05, 3.63) is 83.2 Å². The molecule has 6 nitrogen and oxygen atoms in total. The first kappa shape index (κ1) is 20.6. The SMILES string of the molecule is CCOc1ccc(CCNC(=O)c2cc(C)nc3c2c(C)nn3-c2ccccc2)cc1. The van der Waals surface area contributed by atoms with Crippen LogP contribution in [0.4, 0.5) is 0 Å². The molecule has 0 radical (unpaired) electrons. The molecule has 0 saturated heterocycles. The molecule has 1 N–H and O–H groups in total. The lowest BCUT2D eigenvalue weighted by Crippen LogP contribution is -2.26. The first-order valence-corrected chi connectivity index (χ1v) is 10.5. The number of aromatic nitrogens is 3. The molecule has 2 heterocycles. The summed E-state index contributed by atoms with van der Waals surface area (Å²) in [4.78, 5) is 17.7. The van der Waals surface area contributed by atoms with Gasteiger partial charge in [-0.1, -0.05) is 30.3 Å². The van der Waals surface area contributed by atoms with Crippen molar-refractivity contribution in [3.8, 4) is 11.4 Å². The Labute approximate surface area is 181 Å². The highest BCUT2D eigenvalue weighted by Crippen LogP contribution is 2.24. The molecular formula is C25H26N4O2. The summed E-state index contributed by atoms with van der Waals surface area (Å²) in [6.07, 6.45) is 0.744. The van der Waals surface area contributed by atoms with Crippen molar-refractivity contribution in [3.63, 3.8) is 0 Å². The fourth-order valence-electron chi connectivity index (χ4n) is 3.68. The molecule has 4 aromatic rings. The monoisotopic (exact) mass is 414 g/mol. The van der Waals surface area contributed by atoms with Crippen molar-refractivity contribution >= 4 is 16.9 Å². The van der Waals surface area contributed by atoms with Gasteiger partial charge in [0.15, 0.2) is 5.65 Å². The molecule has 0 atom stereocenters. The van der Waals surface area contributed by atoms with Crippen molar-refractivity contribution in [1.82, 2.24) is 20.1 Å². The Morgan fingerprint density at radius 2 is 1.81 bits per heavy atom. The number of aryl methyl sites for hydroxylation is 2.